The first kappa shape index (κ1) is 25.5. The lowest BCUT2D eigenvalue weighted by Gasteiger charge is -2.56. The van der Waals surface area contributed by atoms with Gasteiger partial charge in [-0.25, -0.2) is 4.98 Å². The van der Waals surface area contributed by atoms with Crippen LogP contribution in [0.1, 0.15) is 22.3 Å². The van der Waals surface area contributed by atoms with E-state index in [9.17, 15) is 0 Å². The molecule has 2 aliphatic rings. The highest BCUT2D eigenvalue weighted by molar-refractivity contribution is 6.35. The van der Waals surface area contributed by atoms with E-state index in [1.807, 2.05) is 13.1 Å². The van der Waals surface area contributed by atoms with E-state index in [-0.39, 0.29) is 12.3 Å². The fourth-order valence-corrected chi connectivity index (χ4v) is 5.28. The first-order valence-corrected chi connectivity index (χ1v) is 12.7. The molecule has 0 bridgehead atoms. The molecule has 2 aromatic heterocycles. The smallest absolute Gasteiger partial charge is 0.162 e. The zero-order chi connectivity index (χ0) is 26.2. The van der Waals surface area contributed by atoms with Gasteiger partial charge in [0.25, 0.3) is 0 Å². The summed E-state index contributed by atoms with van der Waals surface area (Å²) in [4.78, 5) is 11.0. The highest BCUT2D eigenvalue weighted by atomic mass is 35.5. The van der Waals surface area contributed by atoms with Crippen molar-refractivity contribution in [1.29, 1.82) is 5.41 Å². The number of ether oxygens (including phenoxy) is 2. The summed E-state index contributed by atoms with van der Waals surface area (Å²) in [6.07, 6.45) is 4.76. The molecule has 0 unspecified atom stereocenters. The van der Waals surface area contributed by atoms with Crippen LogP contribution in [-0.2, 0) is 13.2 Å². The maximum Gasteiger partial charge on any atom is 0.162 e. The standard InChI is InChI=1S/C26H29Cl2N7O2/c1-31-6-16-3-15(7-34-25(16)35-13-26(14-35)11-33-12-26)24(30)17-4-23(22(36-2)5-21(17)29)37-10-18-19(27)8-32-9-20(18)28/h3-5,7-9,30-31,33H,6,10-14,29H2,1-2H3. The first-order valence-electron chi connectivity index (χ1n) is 11.9. The number of nitrogens with zero attached hydrogens (tertiary/aromatic N) is 3. The Morgan fingerprint density at radius 2 is 1.89 bits per heavy atom. The summed E-state index contributed by atoms with van der Waals surface area (Å²) in [6, 6.07) is 5.36. The fraction of sp³-hybridized carbons (Fsp3) is 0.346. The van der Waals surface area contributed by atoms with Gasteiger partial charge in [0.2, 0.25) is 0 Å². The summed E-state index contributed by atoms with van der Waals surface area (Å²) in [5, 5.41) is 16.4. The van der Waals surface area contributed by atoms with Crippen LogP contribution in [0.15, 0.2) is 36.8 Å². The summed E-state index contributed by atoms with van der Waals surface area (Å²) in [5.41, 5.74) is 10.2. The number of anilines is 2. The number of methoxy groups -OCH3 is 1. The lowest BCUT2D eigenvalue weighted by Crippen LogP contribution is -2.71. The third kappa shape index (κ3) is 4.92. The number of rotatable bonds is 9. The topological polar surface area (TPSA) is 121 Å². The number of nitrogen functional groups attached to an aromatic ring is 1. The second kappa shape index (κ2) is 10.3. The minimum absolute atomic E-state index is 0.0999. The molecule has 3 aromatic rings. The Labute approximate surface area is 225 Å². The van der Waals surface area contributed by atoms with E-state index in [4.69, 9.17) is 48.8 Å². The van der Waals surface area contributed by atoms with Gasteiger partial charge in [-0.2, -0.15) is 0 Å². The molecule has 2 fully saturated rings. The SMILES string of the molecule is CNCc1cc(C(=N)c2cc(OCc3c(Cl)cncc3Cl)c(OC)cc2N)cnc1N1CC2(CNC2)C1. The molecule has 0 saturated carbocycles. The highest BCUT2D eigenvalue weighted by Gasteiger charge is 2.48. The van der Waals surface area contributed by atoms with Gasteiger partial charge in [-0.15, -0.1) is 0 Å². The second-order valence-corrected chi connectivity index (χ2v) is 10.3. The van der Waals surface area contributed by atoms with Crippen LogP contribution in [0.4, 0.5) is 11.5 Å². The Morgan fingerprint density at radius 1 is 1.16 bits per heavy atom. The van der Waals surface area contributed by atoms with Crippen LogP contribution in [-0.4, -0.2) is 56.0 Å². The van der Waals surface area contributed by atoms with Gasteiger partial charge in [0, 0.05) is 90.7 Å². The maximum atomic E-state index is 8.96. The van der Waals surface area contributed by atoms with Crippen LogP contribution in [0.25, 0.3) is 0 Å². The molecule has 5 N–H and O–H groups in total. The van der Waals surface area contributed by atoms with Gasteiger partial charge in [0.1, 0.15) is 12.4 Å². The Kier molecular flexibility index (Phi) is 7.13. The monoisotopic (exact) mass is 541 g/mol. The molecule has 0 aliphatic carbocycles. The largest absolute Gasteiger partial charge is 0.493 e. The van der Waals surface area contributed by atoms with Crippen molar-refractivity contribution < 1.29 is 9.47 Å². The summed E-state index contributed by atoms with van der Waals surface area (Å²) in [7, 11) is 3.44. The van der Waals surface area contributed by atoms with Crippen LogP contribution in [0, 0.1) is 10.8 Å². The molecule has 5 rings (SSSR count). The molecular formula is C26H29Cl2N7O2. The maximum absolute atomic E-state index is 8.96. The van der Waals surface area contributed by atoms with E-state index < -0.39 is 0 Å². The van der Waals surface area contributed by atoms with Gasteiger partial charge in [-0.1, -0.05) is 23.2 Å². The third-order valence-corrected chi connectivity index (χ3v) is 7.53. The van der Waals surface area contributed by atoms with Gasteiger partial charge in [-0.3, -0.25) is 10.4 Å². The first-order chi connectivity index (χ1) is 17.8. The van der Waals surface area contributed by atoms with Gasteiger partial charge < -0.3 is 30.7 Å². The predicted molar refractivity (Wildman–Crippen MR) is 146 cm³/mol. The molecule has 0 amide bonds. The number of hydrogen-bond acceptors (Lipinski definition) is 9. The molecule has 37 heavy (non-hydrogen) atoms. The van der Waals surface area contributed by atoms with Crippen LogP contribution < -0.4 is 30.7 Å². The predicted octanol–water partition coefficient (Wildman–Crippen LogP) is 3.50. The number of benzene rings is 1. The van der Waals surface area contributed by atoms with E-state index in [2.05, 4.69) is 20.5 Å². The molecule has 0 radical (unpaired) electrons. The molecule has 4 heterocycles. The number of aromatic nitrogens is 2. The zero-order valence-corrected chi connectivity index (χ0v) is 22.2. The number of halogens is 2. The Morgan fingerprint density at radius 3 is 2.51 bits per heavy atom. The number of pyridine rings is 2. The molecule has 1 aromatic carbocycles. The van der Waals surface area contributed by atoms with Crippen LogP contribution in [0.5, 0.6) is 11.5 Å². The van der Waals surface area contributed by atoms with Gasteiger partial charge in [0.05, 0.1) is 22.9 Å². The van der Waals surface area contributed by atoms with E-state index in [1.54, 1.807) is 18.3 Å². The van der Waals surface area contributed by atoms with Crippen molar-refractivity contribution in [2.24, 2.45) is 5.41 Å². The molecular weight excluding hydrogens is 513 g/mol. The van der Waals surface area contributed by atoms with Gasteiger partial charge in [-0.05, 0) is 19.2 Å². The van der Waals surface area contributed by atoms with E-state index >= 15 is 0 Å². The quantitative estimate of drug-likeness (QED) is 0.240. The Bertz CT molecular complexity index is 1320. The number of nitrogens with two attached hydrogens (primary N) is 1. The average molecular weight is 542 g/mol. The minimum atomic E-state index is 0.0999. The normalized spacial score (nSPS) is 15.7. The summed E-state index contributed by atoms with van der Waals surface area (Å²) >= 11 is 12.5. The average Bonchev–Trinajstić information content (AvgIpc) is 2.83. The van der Waals surface area contributed by atoms with Crippen molar-refractivity contribution in [3.05, 3.63) is 69.1 Å². The van der Waals surface area contributed by atoms with Crippen LogP contribution >= 0.6 is 23.2 Å². The van der Waals surface area contributed by atoms with Crippen molar-refractivity contribution in [3.63, 3.8) is 0 Å². The van der Waals surface area contributed by atoms with E-state index in [0.717, 1.165) is 37.6 Å². The van der Waals surface area contributed by atoms with Crippen molar-refractivity contribution in [1.82, 2.24) is 20.6 Å². The third-order valence-electron chi connectivity index (χ3n) is 6.88. The van der Waals surface area contributed by atoms with Crippen LogP contribution in [0.3, 0.4) is 0 Å². The minimum Gasteiger partial charge on any atom is -0.493 e. The van der Waals surface area contributed by atoms with E-state index in [1.165, 1.54) is 19.5 Å². The summed E-state index contributed by atoms with van der Waals surface area (Å²) < 4.78 is 11.5. The Balaban J connectivity index is 1.41. The van der Waals surface area contributed by atoms with Gasteiger partial charge in [0.15, 0.2) is 11.5 Å². The summed E-state index contributed by atoms with van der Waals surface area (Å²) in [5.74, 6) is 1.82. The molecule has 2 aliphatic heterocycles. The van der Waals surface area contributed by atoms with Crippen molar-refractivity contribution in [2.75, 3.05) is 51.0 Å². The number of nitrogens with one attached hydrogen (secondary N) is 3. The molecule has 11 heteroatoms. The van der Waals surface area contributed by atoms with Crippen molar-refractivity contribution in [2.45, 2.75) is 13.2 Å². The summed E-state index contributed by atoms with van der Waals surface area (Å²) in [6.45, 7) is 4.87. The highest BCUT2D eigenvalue weighted by Crippen LogP contribution is 2.39. The van der Waals surface area contributed by atoms with E-state index in [0.29, 0.717) is 55.9 Å². The van der Waals surface area contributed by atoms with Gasteiger partial charge >= 0.3 is 0 Å². The second-order valence-electron chi connectivity index (χ2n) is 9.53. The number of hydrogen-bond donors (Lipinski definition) is 4. The lowest BCUT2D eigenvalue weighted by atomic mass is 9.74. The molecule has 194 valence electrons. The molecule has 1 spiro atoms. The van der Waals surface area contributed by atoms with Crippen molar-refractivity contribution >= 4 is 40.4 Å². The molecule has 9 nitrogen and oxygen atoms in total. The Hall–Kier alpha value is -3.11. The molecule has 0 atom stereocenters. The van der Waals surface area contributed by atoms with Crippen molar-refractivity contribution in [3.8, 4) is 11.5 Å². The molecule has 2 saturated heterocycles. The lowest BCUT2D eigenvalue weighted by molar-refractivity contribution is 0.120. The fourth-order valence-electron chi connectivity index (χ4n) is 4.81. The van der Waals surface area contributed by atoms with Crippen LogP contribution in [0.2, 0.25) is 10.0 Å². The zero-order valence-electron chi connectivity index (χ0n) is 20.7.